The molecule has 0 saturated carbocycles. The molecule has 16 heavy (non-hydrogen) atoms. The fourth-order valence-corrected chi connectivity index (χ4v) is 1.54. The average Bonchev–Trinajstić information content (AvgIpc) is 2.31. The van der Waals surface area contributed by atoms with Gasteiger partial charge in [-0.15, -0.1) is 0 Å². The van der Waals surface area contributed by atoms with Gasteiger partial charge in [-0.2, -0.15) is 0 Å². The number of Topliss-reactive ketones (excluding diaryl/α,β-unsaturated/α-hetero) is 1. The summed E-state index contributed by atoms with van der Waals surface area (Å²) in [4.78, 5) is 15.1. The molecule has 1 heterocycles. The van der Waals surface area contributed by atoms with Crippen molar-refractivity contribution in [3.05, 3.63) is 48.3 Å². The number of nitrogens with zero attached hydrogens (tertiary/aromatic N) is 1. The van der Waals surface area contributed by atoms with Gasteiger partial charge in [0.15, 0.2) is 5.78 Å². The summed E-state index contributed by atoms with van der Waals surface area (Å²) >= 11 is 0. The Hall–Kier alpha value is -1.90. The molecule has 1 unspecified atom stereocenters. The molecule has 2 rings (SSSR count). The average molecular weight is 215 g/mol. The Morgan fingerprint density at radius 3 is 3.00 bits per heavy atom. The number of hydrogen-bond acceptors (Lipinski definition) is 3. The lowest BCUT2D eigenvalue weighted by molar-refractivity contribution is -0.113. The molecule has 0 saturated heterocycles. The van der Waals surface area contributed by atoms with Crippen LogP contribution in [-0.2, 0) is 4.79 Å². The monoisotopic (exact) mass is 215 g/mol. The van der Waals surface area contributed by atoms with E-state index < -0.39 is 0 Å². The van der Waals surface area contributed by atoms with Crippen LogP contribution in [-0.4, -0.2) is 16.9 Å². The second-order valence-corrected chi connectivity index (χ2v) is 3.66. The van der Waals surface area contributed by atoms with Crippen LogP contribution in [0.4, 0.5) is 0 Å². The van der Waals surface area contributed by atoms with Crippen molar-refractivity contribution < 1.29 is 9.53 Å². The van der Waals surface area contributed by atoms with Crippen LogP contribution in [0.3, 0.4) is 0 Å². The van der Waals surface area contributed by atoms with E-state index in [0.29, 0.717) is 0 Å². The lowest BCUT2D eigenvalue weighted by Gasteiger charge is -2.17. The van der Waals surface area contributed by atoms with Crippen LogP contribution in [0.15, 0.2) is 48.3 Å². The molecular formula is C13H13NO2. The summed E-state index contributed by atoms with van der Waals surface area (Å²) in [5.41, 5.74) is 0.756. The van der Waals surface area contributed by atoms with Crippen molar-refractivity contribution in [1.29, 1.82) is 0 Å². The maximum Gasteiger partial charge on any atom is 0.159 e. The van der Waals surface area contributed by atoms with E-state index in [0.717, 1.165) is 17.7 Å². The largest absolute Gasteiger partial charge is 0.484 e. The fraction of sp³-hybridized carbons (Fsp3) is 0.231. The molecule has 82 valence electrons. The van der Waals surface area contributed by atoms with Crippen molar-refractivity contribution >= 4 is 5.78 Å². The molecule has 1 aliphatic rings. The Balaban J connectivity index is 1.97. The molecule has 3 nitrogen and oxygen atoms in total. The van der Waals surface area contributed by atoms with Gasteiger partial charge in [-0.25, -0.2) is 0 Å². The molecule has 0 N–H and O–H groups in total. The number of aromatic nitrogens is 1. The number of ether oxygens (including phenoxy) is 1. The number of pyridine rings is 1. The molecule has 0 aromatic carbocycles. The fourth-order valence-electron chi connectivity index (χ4n) is 1.54. The smallest absolute Gasteiger partial charge is 0.159 e. The van der Waals surface area contributed by atoms with E-state index in [1.165, 1.54) is 0 Å². The van der Waals surface area contributed by atoms with Crippen molar-refractivity contribution in [3.63, 3.8) is 0 Å². The zero-order valence-corrected chi connectivity index (χ0v) is 9.09. The van der Waals surface area contributed by atoms with Crippen molar-refractivity contribution in [3.8, 4) is 5.75 Å². The first-order valence-electron chi connectivity index (χ1n) is 5.21. The van der Waals surface area contributed by atoms with Gasteiger partial charge in [-0.3, -0.25) is 9.78 Å². The van der Waals surface area contributed by atoms with E-state index in [9.17, 15) is 4.79 Å². The van der Waals surface area contributed by atoms with Crippen LogP contribution in [0.2, 0.25) is 0 Å². The van der Waals surface area contributed by atoms with Crippen molar-refractivity contribution in [2.75, 3.05) is 0 Å². The normalized spacial score (nSPS) is 19.1. The molecule has 0 spiro atoms. The summed E-state index contributed by atoms with van der Waals surface area (Å²) < 4.78 is 5.68. The van der Waals surface area contributed by atoms with Crippen LogP contribution in [0.1, 0.15) is 13.3 Å². The number of allylic oxidation sites excluding steroid dienone is 2. The molecule has 0 bridgehead atoms. The van der Waals surface area contributed by atoms with Crippen LogP contribution >= 0.6 is 0 Å². The van der Waals surface area contributed by atoms with E-state index in [1.807, 2.05) is 30.4 Å². The third-order valence-corrected chi connectivity index (χ3v) is 2.39. The molecule has 0 fully saturated rings. The lowest BCUT2D eigenvalue weighted by atomic mass is 10.0. The summed E-state index contributed by atoms with van der Waals surface area (Å²) in [5.74, 6) is 0.841. The van der Waals surface area contributed by atoms with Crippen LogP contribution < -0.4 is 4.74 Å². The van der Waals surface area contributed by atoms with Gasteiger partial charge in [0, 0.05) is 18.2 Å². The van der Waals surface area contributed by atoms with Gasteiger partial charge in [0.25, 0.3) is 0 Å². The predicted molar refractivity (Wildman–Crippen MR) is 61.2 cm³/mol. The van der Waals surface area contributed by atoms with Gasteiger partial charge in [0.05, 0.1) is 6.20 Å². The minimum atomic E-state index is -0.00713. The molecule has 1 aromatic heterocycles. The number of carbonyl (C=O) groups excluding carboxylic acids is 1. The highest BCUT2D eigenvalue weighted by atomic mass is 16.5. The highest BCUT2D eigenvalue weighted by Crippen LogP contribution is 2.17. The van der Waals surface area contributed by atoms with Gasteiger partial charge in [-0.05, 0) is 25.1 Å². The highest BCUT2D eigenvalue weighted by Gasteiger charge is 2.12. The topological polar surface area (TPSA) is 39.2 Å². The molecule has 0 radical (unpaired) electrons. The first-order valence-corrected chi connectivity index (χ1v) is 5.21. The maximum atomic E-state index is 11.1. The number of ketones is 1. The van der Waals surface area contributed by atoms with Gasteiger partial charge in [0.1, 0.15) is 11.9 Å². The van der Waals surface area contributed by atoms with E-state index in [2.05, 4.69) is 4.98 Å². The summed E-state index contributed by atoms with van der Waals surface area (Å²) in [6, 6.07) is 3.70. The lowest BCUT2D eigenvalue weighted by Crippen LogP contribution is -2.16. The van der Waals surface area contributed by atoms with E-state index in [-0.39, 0.29) is 11.9 Å². The first-order chi connectivity index (χ1) is 7.75. The van der Waals surface area contributed by atoms with Gasteiger partial charge in [-0.1, -0.05) is 12.2 Å². The first kappa shape index (κ1) is 10.6. The Labute approximate surface area is 94.5 Å². The quantitative estimate of drug-likeness (QED) is 0.776. The van der Waals surface area contributed by atoms with Gasteiger partial charge >= 0.3 is 0 Å². The van der Waals surface area contributed by atoms with Gasteiger partial charge in [0.2, 0.25) is 0 Å². The number of carbonyl (C=O) groups is 1. The number of hydrogen-bond donors (Lipinski definition) is 0. The Morgan fingerprint density at radius 2 is 2.44 bits per heavy atom. The van der Waals surface area contributed by atoms with E-state index >= 15 is 0 Å². The maximum absolute atomic E-state index is 11.1. The molecule has 1 atom stereocenters. The predicted octanol–water partition coefficient (Wildman–Crippen LogP) is 2.30. The van der Waals surface area contributed by atoms with Crippen LogP contribution in [0, 0.1) is 0 Å². The van der Waals surface area contributed by atoms with E-state index in [1.54, 1.807) is 19.3 Å². The molecule has 1 aliphatic carbocycles. The second kappa shape index (κ2) is 4.75. The molecule has 3 heteroatoms. The SMILES string of the molecule is CC(=O)C1=CCC(Oc2cccnc2)C=C1. The summed E-state index contributed by atoms with van der Waals surface area (Å²) in [7, 11) is 0. The summed E-state index contributed by atoms with van der Waals surface area (Å²) in [5, 5.41) is 0. The third kappa shape index (κ3) is 2.57. The Bertz CT molecular complexity index is 435. The van der Waals surface area contributed by atoms with Crippen molar-refractivity contribution in [1.82, 2.24) is 4.98 Å². The Kier molecular flexibility index (Phi) is 3.15. The van der Waals surface area contributed by atoms with Crippen molar-refractivity contribution in [2.45, 2.75) is 19.4 Å². The Morgan fingerprint density at radius 1 is 1.56 bits per heavy atom. The molecule has 1 aromatic rings. The molecule has 0 amide bonds. The summed E-state index contributed by atoms with van der Waals surface area (Å²) in [6.07, 6.45) is 9.72. The van der Waals surface area contributed by atoms with Crippen LogP contribution in [0.5, 0.6) is 5.75 Å². The molecule has 0 aliphatic heterocycles. The second-order valence-electron chi connectivity index (χ2n) is 3.66. The minimum Gasteiger partial charge on any atom is -0.484 e. The standard InChI is InChI=1S/C13H13NO2/c1-10(15)11-4-6-12(7-5-11)16-13-3-2-8-14-9-13/h2-6,8-9,12H,7H2,1H3. The zero-order valence-electron chi connectivity index (χ0n) is 9.09. The van der Waals surface area contributed by atoms with E-state index in [4.69, 9.17) is 4.74 Å². The van der Waals surface area contributed by atoms with Gasteiger partial charge < -0.3 is 4.74 Å². The third-order valence-electron chi connectivity index (χ3n) is 2.39. The zero-order chi connectivity index (χ0) is 11.4. The van der Waals surface area contributed by atoms with Crippen LogP contribution in [0.25, 0.3) is 0 Å². The summed E-state index contributed by atoms with van der Waals surface area (Å²) in [6.45, 7) is 1.57. The van der Waals surface area contributed by atoms with Crippen molar-refractivity contribution in [2.24, 2.45) is 0 Å². The number of rotatable bonds is 3. The minimum absolute atomic E-state index is 0.00713. The molecular weight excluding hydrogens is 202 g/mol. The highest BCUT2D eigenvalue weighted by molar-refractivity contribution is 5.96.